The van der Waals surface area contributed by atoms with Crippen molar-refractivity contribution in [3.63, 3.8) is 0 Å². The van der Waals surface area contributed by atoms with Crippen molar-refractivity contribution in [1.82, 2.24) is 10.5 Å². The Morgan fingerprint density at radius 1 is 1.42 bits per heavy atom. The molecule has 0 radical (unpaired) electrons. The van der Waals surface area contributed by atoms with E-state index in [0.29, 0.717) is 5.76 Å². The number of amides is 1. The van der Waals surface area contributed by atoms with Crippen molar-refractivity contribution < 1.29 is 17.7 Å². The van der Waals surface area contributed by atoms with Crippen LogP contribution in [0.3, 0.4) is 0 Å². The highest BCUT2D eigenvalue weighted by atomic mass is 32.2. The van der Waals surface area contributed by atoms with Crippen LogP contribution < -0.4 is 10.0 Å². The topological polar surface area (TPSA) is 101 Å². The molecule has 0 saturated heterocycles. The van der Waals surface area contributed by atoms with E-state index in [1.807, 2.05) is 0 Å². The fourth-order valence-electron chi connectivity index (χ4n) is 1.19. The van der Waals surface area contributed by atoms with Gasteiger partial charge in [-0.15, -0.1) is 0 Å². The van der Waals surface area contributed by atoms with Crippen LogP contribution in [0.25, 0.3) is 0 Å². The predicted molar refractivity (Wildman–Crippen MR) is 71.1 cm³/mol. The first kappa shape index (κ1) is 15.5. The van der Waals surface area contributed by atoms with Crippen molar-refractivity contribution in [3.8, 4) is 0 Å². The van der Waals surface area contributed by atoms with E-state index in [1.165, 1.54) is 6.07 Å². The Morgan fingerprint density at radius 3 is 2.53 bits per heavy atom. The molecule has 8 heteroatoms. The zero-order valence-corrected chi connectivity index (χ0v) is 12.3. The smallest absolute Gasteiger partial charge is 0.235 e. The molecule has 7 nitrogen and oxygen atoms in total. The summed E-state index contributed by atoms with van der Waals surface area (Å²) in [6.07, 6.45) is 0. The highest BCUT2D eigenvalue weighted by Crippen LogP contribution is 2.12. The second-order valence-corrected chi connectivity index (χ2v) is 7.09. The Hall–Kier alpha value is -1.57. The van der Waals surface area contributed by atoms with E-state index < -0.39 is 15.4 Å². The first-order valence-electron chi connectivity index (χ1n) is 5.82. The van der Waals surface area contributed by atoms with E-state index in [4.69, 9.17) is 4.52 Å². The summed E-state index contributed by atoms with van der Waals surface area (Å²) in [5, 5.41) is 6.10. The number of carbonyl (C=O) groups excluding carboxylic acids is 1. The van der Waals surface area contributed by atoms with Crippen molar-refractivity contribution in [2.75, 3.05) is 17.0 Å². The largest absolute Gasteiger partial charge is 0.360 e. The van der Waals surface area contributed by atoms with Crippen LogP contribution in [-0.4, -0.2) is 31.8 Å². The van der Waals surface area contributed by atoms with Gasteiger partial charge in [-0.05, 0) is 6.92 Å². The molecule has 0 aromatic carbocycles. The van der Waals surface area contributed by atoms with E-state index >= 15 is 0 Å². The van der Waals surface area contributed by atoms with Gasteiger partial charge in [0.25, 0.3) is 0 Å². The second kappa shape index (κ2) is 5.60. The Kier molecular flexibility index (Phi) is 4.56. The number of nitrogens with zero attached hydrogens (tertiary/aromatic N) is 1. The van der Waals surface area contributed by atoms with E-state index in [-0.39, 0.29) is 24.0 Å². The zero-order valence-electron chi connectivity index (χ0n) is 11.5. The third kappa shape index (κ3) is 5.29. The van der Waals surface area contributed by atoms with Crippen molar-refractivity contribution in [1.29, 1.82) is 0 Å². The molecular formula is C11H19N3O4S. The number of aromatic nitrogens is 1. The maximum Gasteiger partial charge on any atom is 0.235 e. The van der Waals surface area contributed by atoms with Gasteiger partial charge in [-0.2, -0.15) is 0 Å². The minimum Gasteiger partial charge on any atom is -0.360 e. The highest BCUT2D eigenvalue weighted by molar-refractivity contribution is 7.92. The summed E-state index contributed by atoms with van der Waals surface area (Å²) in [5.41, 5.74) is -0.541. The van der Waals surface area contributed by atoms with Gasteiger partial charge in [-0.3, -0.25) is 9.52 Å². The summed E-state index contributed by atoms with van der Waals surface area (Å²) >= 11 is 0. The molecule has 1 amide bonds. The van der Waals surface area contributed by atoms with Gasteiger partial charge in [0.2, 0.25) is 15.9 Å². The molecule has 0 fully saturated rings. The third-order valence-corrected chi connectivity index (χ3v) is 3.49. The number of rotatable bonds is 5. The van der Waals surface area contributed by atoms with Gasteiger partial charge in [-0.1, -0.05) is 25.9 Å². The third-order valence-electron chi connectivity index (χ3n) is 2.23. The van der Waals surface area contributed by atoms with E-state index in [9.17, 15) is 13.2 Å². The van der Waals surface area contributed by atoms with Crippen molar-refractivity contribution >= 4 is 21.7 Å². The summed E-state index contributed by atoms with van der Waals surface area (Å²) in [6, 6.07) is 1.48. The molecule has 1 heterocycles. The monoisotopic (exact) mass is 289 g/mol. The lowest BCUT2D eigenvalue weighted by Gasteiger charge is -2.17. The number of carbonyl (C=O) groups is 1. The van der Waals surface area contributed by atoms with Crippen LogP contribution in [0.5, 0.6) is 0 Å². The maximum atomic E-state index is 11.7. The number of nitrogens with one attached hydrogen (secondary N) is 2. The maximum absolute atomic E-state index is 11.7. The van der Waals surface area contributed by atoms with Crippen molar-refractivity contribution in [3.05, 3.63) is 11.8 Å². The standard InChI is InChI=1S/C11H19N3O4S/c1-8-7-9(13-18-8)14-19(16,17)6-5-12-10(15)11(2,3)4/h7H,5-6H2,1-4H3,(H,12,15)(H,13,14). The van der Waals surface area contributed by atoms with Crippen molar-refractivity contribution in [2.45, 2.75) is 27.7 Å². The minimum atomic E-state index is -3.55. The van der Waals surface area contributed by atoms with Crippen LogP contribution in [0.15, 0.2) is 10.6 Å². The zero-order chi connectivity index (χ0) is 14.7. The number of sulfonamides is 1. The molecule has 0 aliphatic rings. The van der Waals surface area contributed by atoms with Gasteiger partial charge in [0.05, 0.1) is 5.75 Å². The first-order valence-corrected chi connectivity index (χ1v) is 7.47. The summed E-state index contributed by atoms with van der Waals surface area (Å²) in [4.78, 5) is 11.6. The first-order chi connectivity index (χ1) is 8.60. The Labute approximate surface area is 112 Å². The van der Waals surface area contributed by atoms with Crippen LogP contribution in [0.2, 0.25) is 0 Å². The normalized spacial score (nSPS) is 12.2. The molecule has 1 rings (SSSR count). The van der Waals surface area contributed by atoms with Gasteiger partial charge in [0.15, 0.2) is 5.82 Å². The average molecular weight is 289 g/mol. The molecule has 0 spiro atoms. The molecule has 0 saturated carbocycles. The van der Waals surface area contributed by atoms with Crippen LogP contribution in [0, 0.1) is 12.3 Å². The Bertz CT molecular complexity index is 543. The van der Waals surface area contributed by atoms with E-state index in [0.717, 1.165) is 0 Å². The minimum absolute atomic E-state index is 0.0439. The fraction of sp³-hybridized carbons (Fsp3) is 0.636. The van der Waals surface area contributed by atoms with Crippen LogP contribution in [0.4, 0.5) is 5.82 Å². The van der Waals surface area contributed by atoms with Crippen LogP contribution in [0.1, 0.15) is 26.5 Å². The summed E-state index contributed by atoms with van der Waals surface area (Å²) in [5.74, 6) is 0.235. The summed E-state index contributed by atoms with van der Waals surface area (Å²) < 4.78 is 30.4. The lowest BCUT2D eigenvalue weighted by Crippen LogP contribution is -2.38. The SMILES string of the molecule is Cc1cc(NS(=O)(=O)CCNC(=O)C(C)(C)C)no1. The predicted octanol–water partition coefficient (Wildman–Crippen LogP) is 0.887. The molecule has 1 aromatic heterocycles. The molecule has 0 atom stereocenters. The molecule has 0 unspecified atom stereocenters. The number of aryl methyl sites for hydroxylation is 1. The highest BCUT2D eigenvalue weighted by Gasteiger charge is 2.21. The fourth-order valence-corrected chi connectivity index (χ4v) is 2.08. The molecule has 2 N–H and O–H groups in total. The van der Waals surface area contributed by atoms with Gasteiger partial charge >= 0.3 is 0 Å². The molecular weight excluding hydrogens is 270 g/mol. The Balaban J connectivity index is 2.46. The summed E-state index contributed by atoms with van der Waals surface area (Å²) in [6.45, 7) is 6.98. The average Bonchev–Trinajstić information content (AvgIpc) is 2.61. The van der Waals surface area contributed by atoms with Gasteiger partial charge < -0.3 is 9.84 Å². The number of anilines is 1. The van der Waals surface area contributed by atoms with Gasteiger partial charge in [0, 0.05) is 18.0 Å². The van der Waals surface area contributed by atoms with Crippen molar-refractivity contribution in [2.24, 2.45) is 5.41 Å². The Morgan fingerprint density at radius 2 is 2.05 bits per heavy atom. The molecule has 0 bridgehead atoms. The number of hydrogen-bond donors (Lipinski definition) is 2. The van der Waals surface area contributed by atoms with E-state index in [2.05, 4.69) is 15.2 Å². The molecule has 0 aliphatic heterocycles. The lowest BCUT2D eigenvalue weighted by molar-refractivity contribution is -0.128. The van der Waals surface area contributed by atoms with Gasteiger partial charge in [-0.25, -0.2) is 8.42 Å². The van der Waals surface area contributed by atoms with Gasteiger partial charge in [0.1, 0.15) is 5.76 Å². The second-order valence-electron chi connectivity index (χ2n) is 5.25. The number of hydrogen-bond acceptors (Lipinski definition) is 5. The van der Waals surface area contributed by atoms with Crippen LogP contribution >= 0.6 is 0 Å². The molecule has 0 aliphatic carbocycles. The quantitative estimate of drug-likeness (QED) is 0.838. The van der Waals surface area contributed by atoms with E-state index in [1.54, 1.807) is 27.7 Å². The lowest BCUT2D eigenvalue weighted by atomic mass is 9.96. The molecule has 19 heavy (non-hydrogen) atoms. The van der Waals surface area contributed by atoms with Crippen LogP contribution in [-0.2, 0) is 14.8 Å². The molecule has 108 valence electrons. The molecule has 1 aromatic rings. The summed E-state index contributed by atoms with van der Waals surface area (Å²) in [7, 11) is -3.55.